The summed E-state index contributed by atoms with van der Waals surface area (Å²) in [5.74, 6) is 2.11. The van der Waals surface area contributed by atoms with Crippen LogP contribution in [0.3, 0.4) is 0 Å². The van der Waals surface area contributed by atoms with E-state index in [0.29, 0.717) is 5.56 Å². The van der Waals surface area contributed by atoms with E-state index in [2.05, 4.69) is 5.92 Å². The second-order valence-corrected chi connectivity index (χ2v) is 5.50. The van der Waals surface area contributed by atoms with Gasteiger partial charge in [0.05, 0.1) is 0 Å². The van der Waals surface area contributed by atoms with E-state index in [1.807, 2.05) is 6.07 Å². The maximum Gasteiger partial charge on any atom is 0.272 e. The van der Waals surface area contributed by atoms with E-state index in [-0.39, 0.29) is 5.75 Å². The monoisotopic (exact) mass is 238 g/mol. The van der Waals surface area contributed by atoms with Crippen LogP contribution in [0.2, 0.25) is 0 Å². The van der Waals surface area contributed by atoms with Gasteiger partial charge in [0.2, 0.25) is 0 Å². The third-order valence-electron chi connectivity index (χ3n) is 1.87. The maximum atomic E-state index is 11.7. The molecule has 0 aliphatic heterocycles. The standard InChI is InChI=1S/C12H14O3S/c1-4-12(2,3)15-16(13,14)10-11-8-6-5-7-9-11/h1,5-9H,10H2,2-3H3. The molecule has 4 heteroatoms. The van der Waals surface area contributed by atoms with Crippen molar-refractivity contribution in [3.63, 3.8) is 0 Å². The second-order valence-electron chi connectivity index (χ2n) is 3.93. The minimum absolute atomic E-state index is 0.168. The molecule has 0 unspecified atom stereocenters. The third kappa shape index (κ3) is 4.05. The highest BCUT2D eigenvalue weighted by Gasteiger charge is 2.24. The number of terminal acetylenes is 1. The first kappa shape index (κ1) is 12.8. The lowest BCUT2D eigenvalue weighted by Crippen LogP contribution is -2.26. The lowest BCUT2D eigenvalue weighted by atomic mass is 10.2. The summed E-state index contributed by atoms with van der Waals surface area (Å²) in [5.41, 5.74) is -0.427. The van der Waals surface area contributed by atoms with Crippen LogP contribution in [0.5, 0.6) is 0 Å². The first-order chi connectivity index (χ1) is 7.35. The van der Waals surface area contributed by atoms with E-state index in [0.717, 1.165) is 0 Å². The molecule has 0 fully saturated rings. The predicted octanol–water partition coefficient (Wildman–Crippen LogP) is 1.94. The summed E-state index contributed by atoms with van der Waals surface area (Å²) in [4.78, 5) is 0. The Morgan fingerprint density at radius 2 is 1.88 bits per heavy atom. The first-order valence-electron chi connectivity index (χ1n) is 4.80. The average Bonchev–Trinajstić information content (AvgIpc) is 2.17. The van der Waals surface area contributed by atoms with Crippen molar-refractivity contribution in [2.75, 3.05) is 0 Å². The molecule has 0 atom stereocenters. The Morgan fingerprint density at radius 3 is 2.38 bits per heavy atom. The molecule has 0 saturated heterocycles. The maximum absolute atomic E-state index is 11.7. The molecule has 0 amide bonds. The fourth-order valence-corrected chi connectivity index (χ4v) is 2.49. The molecule has 3 nitrogen and oxygen atoms in total. The normalized spacial score (nSPS) is 12.1. The molecule has 1 aromatic carbocycles. The Bertz CT molecular complexity index is 481. The molecule has 0 aromatic heterocycles. The van der Waals surface area contributed by atoms with Gasteiger partial charge in [-0.1, -0.05) is 36.3 Å². The highest BCUT2D eigenvalue weighted by Crippen LogP contribution is 2.15. The Balaban J connectivity index is 2.79. The van der Waals surface area contributed by atoms with Crippen LogP contribution in [-0.4, -0.2) is 14.0 Å². The Kier molecular flexibility index (Phi) is 3.74. The van der Waals surface area contributed by atoms with Crippen molar-refractivity contribution in [1.82, 2.24) is 0 Å². The summed E-state index contributed by atoms with van der Waals surface area (Å²) in [6.45, 7) is 3.07. The van der Waals surface area contributed by atoms with Crippen LogP contribution in [0.1, 0.15) is 19.4 Å². The molecule has 0 saturated carbocycles. The van der Waals surface area contributed by atoms with E-state index < -0.39 is 15.7 Å². The van der Waals surface area contributed by atoms with Gasteiger partial charge in [-0.15, -0.1) is 6.42 Å². The number of hydrogen-bond donors (Lipinski definition) is 0. The molecule has 16 heavy (non-hydrogen) atoms. The van der Waals surface area contributed by atoms with Gasteiger partial charge < -0.3 is 0 Å². The van der Waals surface area contributed by atoms with Crippen molar-refractivity contribution in [2.45, 2.75) is 25.2 Å². The predicted molar refractivity (Wildman–Crippen MR) is 63.1 cm³/mol. The van der Waals surface area contributed by atoms with Gasteiger partial charge in [0.25, 0.3) is 10.1 Å². The highest BCUT2D eigenvalue weighted by atomic mass is 32.2. The Labute approximate surface area is 96.6 Å². The first-order valence-corrected chi connectivity index (χ1v) is 6.37. The zero-order valence-corrected chi connectivity index (χ0v) is 10.1. The van der Waals surface area contributed by atoms with Gasteiger partial charge in [0.15, 0.2) is 0 Å². The van der Waals surface area contributed by atoms with Crippen molar-refractivity contribution in [3.8, 4) is 12.3 Å². The second kappa shape index (κ2) is 4.69. The van der Waals surface area contributed by atoms with E-state index in [1.54, 1.807) is 24.3 Å². The number of benzene rings is 1. The van der Waals surface area contributed by atoms with Gasteiger partial charge in [0, 0.05) is 0 Å². The molecular formula is C12H14O3S. The van der Waals surface area contributed by atoms with Crippen LogP contribution in [0.25, 0.3) is 0 Å². The van der Waals surface area contributed by atoms with Gasteiger partial charge in [0.1, 0.15) is 11.4 Å². The van der Waals surface area contributed by atoms with E-state index in [4.69, 9.17) is 10.6 Å². The Hall–Kier alpha value is -1.31. The molecule has 0 spiro atoms. The van der Waals surface area contributed by atoms with Crippen LogP contribution in [0.4, 0.5) is 0 Å². The summed E-state index contributed by atoms with van der Waals surface area (Å²) >= 11 is 0. The summed E-state index contributed by atoms with van der Waals surface area (Å²) in [7, 11) is -3.65. The van der Waals surface area contributed by atoms with Crippen molar-refractivity contribution < 1.29 is 12.6 Å². The number of hydrogen-bond acceptors (Lipinski definition) is 3. The van der Waals surface area contributed by atoms with Gasteiger partial charge in [-0.05, 0) is 19.4 Å². The molecule has 0 radical (unpaired) electrons. The zero-order valence-electron chi connectivity index (χ0n) is 9.30. The van der Waals surface area contributed by atoms with Crippen LogP contribution in [0, 0.1) is 12.3 Å². The summed E-state index contributed by atoms with van der Waals surface area (Å²) in [6, 6.07) is 8.82. The van der Waals surface area contributed by atoms with E-state index in [9.17, 15) is 8.42 Å². The van der Waals surface area contributed by atoms with Crippen LogP contribution in [-0.2, 0) is 20.1 Å². The fourth-order valence-electron chi connectivity index (χ4n) is 1.15. The molecule has 0 bridgehead atoms. The zero-order chi connectivity index (χ0) is 12.2. The van der Waals surface area contributed by atoms with E-state index >= 15 is 0 Å². The lowest BCUT2D eigenvalue weighted by Gasteiger charge is -2.17. The molecule has 0 heterocycles. The van der Waals surface area contributed by atoms with Crippen molar-refractivity contribution in [3.05, 3.63) is 35.9 Å². The molecule has 1 aromatic rings. The molecule has 1 rings (SSSR count). The molecule has 86 valence electrons. The van der Waals surface area contributed by atoms with Crippen LogP contribution in [0.15, 0.2) is 30.3 Å². The Morgan fingerprint density at radius 1 is 1.31 bits per heavy atom. The van der Waals surface area contributed by atoms with Crippen LogP contribution >= 0.6 is 0 Å². The van der Waals surface area contributed by atoms with Crippen molar-refractivity contribution in [1.29, 1.82) is 0 Å². The summed E-state index contributed by atoms with van der Waals surface area (Å²) in [5, 5.41) is 0. The van der Waals surface area contributed by atoms with Crippen LogP contribution < -0.4 is 0 Å². The fraction of sp³-hybridized carbons (Fsp3) is 0.333. The van der Waals surface area contributed by atoms with Crippen molar-refractivity contribution in [2.24, 2.45) is 0 Å². The summed E-state index contributed by atoms with van der Waals surface area (Å²) < 4.78 is 28.2. The average molecular weight is 238 g/mol. The topological polar surface area (TPSA) is 43.4 Å². The van der Waals surface area contributed by atoms with Gasteiger partial charge in [-0.25, -0.2) is 0 Å². The molecular weight excluding hydrogens is 224 g/mol. The van der Waals surface area contributed by atoms with Gasteiger partial charge in [-0.3, -0.25) is 4.18 Å². The van der Waals surface area contributed by atoms with Gasteiger partial charge in [-0.2, -0.15) is 8.42 Å². The SMILES string of the molecule is C#CC(C)(C)OS(=O)(=O)Cc1ccccc1. The minimum atomic E-state index is -3.65. The minimum Gasteiger partial charge on any atom is -0.251 e. The third-order valence-corrected chi connectivity index (χ3v) is 3.23. The van der Waals surface area contributed by atoms with E-state index in [1.165, 1.54) is 13.8 Å². The molecule has 0 aliphatic carbocycles. The number of rotatable bonds is 4. The highest BCUT2D eigenvalue weighted by molar-refractivity contribution is 7.85. The lowest BCUT2D eigenvalue weighted by molar-refractivity contribution is 0.181. The van der Waals surface area contributed by atoms with Crippen molar-refractivity contribution >= 4 is 10.1 Å². The molecule has 0 aliphatic rings. The summed E-state index contributed by atoms with van der Waals surface area (Å²) in [6.07, 6.45) is 5.17. The smallest absolute Gasteiger partial charge is 0.251 e. The quantitative estimate of drug-likeness (QED) is 0.595. The largest absolute Gasteiger partial charge is 0.272 e. The van der Waals surface area contributed by atoms with Gasteiger partial charge >= 0.3 is 0 Å². The molecule has 0 N–H and O–H groups in total.